The standard InChI is InChI=1S/C16H16N4O2/c17-12-5-10(9-1-3-19-4-2-9)7-14-15(12)11(8-20-14)6-13(18)16(21)22/h1-5,7-8,13,20H,6,17-18H2,(H,21,22). The van der Waals surface area contributed by atoms with Crippen LogP contribution < -0.4 is 11.5 Å². The number of rotatable bonds is 4. The third-order valence-electron chi connectivity index (χ3n) is 3.66. The van der Waals surface area contributed by atoms with Gasteiger partial charge in [0, 0.05) is 41.6 Å². The summed E-state index contributed by atoms with van der Waals surface area (Å²) >= 11 is 0. The van der Waals surface area contributed by atoms with Gasteiger partial charge >= 0.3 is 5.97 Å². The Balaban J connectivity index is 2.05. The molecular weight excluding hydrogens is 280 g/mol. The number of nitrogen functional groups attached to an aromatic ring is 1. The molecule has 0 saturated heterocycles. The lowest BCUT2D eigenvalue weighted by atomic mass is 10.00. The van der Waals surface area contributed by atoms with Crippen LogP contribution in [0.25, 0.3) is 22.0 Å². The number of nitrogens with one attached hydrogen (secondary N) is 1. The van der Waals surface area contributed by atoms with Crippen LogP contribution in [0.15, 0.2) is 42.9 Å². The summed E-state index contributed by atoms with van der Waals surface area (Å²) in [5.41, 5.74) is 16.0. The number of hydrogen-bond donors (Lipinski definition) is 4. The molecular formula is C16H16N4O2. The Kier molecular flexibility index (Phi) is 3.52. The molecule has 6 nitrogen and oxygen atoms in total. The van der Waals surface area contributed by atoms with E-state index in [0.29, 0.717) is 5.69 Å². The van der Waals surface area contributed by atoms with Crippen molar-refractivity contribution in [2.24, 2.45) is 5.73 Å². The number of aromatic amines is 1. The molecule has 3 rings (SSSR count). The first kappa shape index (κ1) is 14.1. The maximum absolute atomic E-state index is 10.9. The number of anilines is 1. The smallest absolute Gasteiger partial charge is 0.320 e. The summed E-state index contributed by atoms with van der Waals surface area (Å²) in [6.45, 7) is 0. The van der Waals surface area contributed by atoms with Crippen molar-refractivity contribution >= 4 is 22.6 Å². The van der Waals surface area contributed by atoms with Crippen LogP contribution in [-0.4, -0.2) is 27.1 Å². The second kappa shape index (κ2) is 5.50. The molecule has 0 amide bonds. The first-order valence-electron chi connectivity index (χ1n) is 6.84. The maximum Gasteiger partial charge on any atom is 0.320 e. The Labute approximate surface area is 126 Å². The number of nitrogens with zero attached hydrogens (tertiary/aromatic N) is 1. The van der Waals surface area contributed by atoms with Crippen molar-refractivity contribution in [3.8, 4) is 11.1 Å². The molecule has 112 valence electrons. The number of carbonyl (C=O) groups is 1. The number of fused-ring (bicyclic) bond motifs is 1. The third-order valence-corrected chi connectivity index (χ3v) is 3.66. The Morgan fingerprint density at radius 2 is 2.00 bits per heavy atom. The summed E-state index contributed by atoms with van der Waals surface area (Å²) in [6, 6.07) is 6.73. The number of H-pyrrole nitrogens is 1. The van der Waals surface area contributed by atoms with Gasteiger partial charge < -0.3 is 21.6 Å². The highest BCUT2D eigenvalue weighted by molar-refractivity contribution is 5.97. The quantitative estimate of drug-likeness (QED) is 0.547. The molecule has 0 saturated carbocycles. The van der Waals surface area contributed by atoms with E-state index in [0.717, 1.165) is 27.6 Å². The average Bonchev–Trinajstić information content (AvgIpc) is 2.91. The molecule has 0 aliphatic heterocycles. The molecule has 2 heterocycles. The number of pyridine rings is 1. The molecule has 1 unspecified atom stereocenters. The summed E-state index contributed by atoms with van der Waals surface area (Å²) in [7, 11) is 0. The van der Waals surface area contributed by atoms with Gasteiger partial charge in [0.25, 0.3) is 0 Å². The molecule has 0 bridgehead atoms. The van der Waals surface area contributed by atoms with Crippen LogP contribution in [0.5, 0.6) is 0 Å². The summed E-state index contributed by atoms with van der Waals surface area (Å²) < 4.78 is 0. The largest absolute Gasteiger partial charge is 0.480 e. The number of aromatic nitrogens is 2. The van der Waals surface area contributed by atoms with Crippen molar-refractivity contribution in [1.82, 2.24) is 9.97 Å². The van der Waals surface area contributed by atoms with E-state index in [9.17, 15) is 4.79 Å². The van der Waals surface area contributed by atoms with E-state index in [2.05, 4.69) is 9.97 Å². The first-order valence-corrected chi connectivity index (χ1v) is 6.84. The highest BCUT2D eigenvalue weighted by Gasteiger charge is 2.16. The van der Waals surface area contributed by atoms with Gasteiger partial charge in [-0.15, -0.1) is 0 Å². The van der Waals surface area contributed by atoms with E-state index < -0.39 is 12.0 Å². The van der Waals surface area contributed by atoms with Gasteiger partial charge in [-0.05, 0) is 41.0 Å². The van der Waals surface area contributed by atoms with Gasteiger partial charge in [-0.3, -0.25) is 9.78 Å². The van der Waals surface area contributed by atoms with E-state index >= 15 is 0 Å². The molecule has 6 heteroatoms. The molecule has 0 aliphatic carbocycles. The Hall–Kier alpha value is -2.86. The first-order chi connectivity index (χ1) is 10.6. The lowest BCUT2D eigenvalue weighted by Crippen LogP contribution is -2.32. The van der Waals surface area contributed by atoms with Gasteiger partial charge in [-0.1, -0.05) is 0 Å². The zero-order chi connectivity index (χ0) is 15.7. The Bertz CT molecular complexity index is 827. The van der Waals surface area contributed by atoms with Gasteiger partial charge in [0.05, 0.1) is 0 Å². The number of hydrogen-bond acceptors (Lipinski definition) is 4. The molecule has 1 aromatic carbocycles. The lowest BCUT2D eigenvalue weighted by Gasteiger charge is -2.08. The molecule has 0 aliphatic rings. The Morgan fingerprint density at radius 3 is 2.68 bits per heavy atom. The minimum Gasteiger partial charge on any atom is -0.480 e. The van der Waals surface area contributed by atoms with Crippen molar-refractivity contribution in [3.63, 3.8) is 0 Å². The van der Waals surface area contributed by atoms with Crippen LogP contribution in [0.2, 0.25) is 0 Å². The molecule has 1 atom stereocenters. The summed E-state index contributed by atoms with van der Waals surface area (Å²) in [5, 5.41) is 9.77. The molecule has 22 heavy (non-hydrogen) atoms. The minimum absolute atomic E-state index is 0.230. The van der Waals surface area contributed by atoms with Gasteiger partial charge in [0.1, 0.15) is 6.04 Å². The van der Waals surface area contributed by atoms with Crippen molar-refractivity contribution in [1.29, 1.82) is 0 Å². The van der Waals surface area contributed by atoms with Crippen molar-refractivity contribution in [3.05, 3.63) is 48.4 Å². The van der Waals surface area contributed by atoms with Crippen LogP contribution in [-0.2, 0) is 11.2 Å². The normalized spacial score (nSPS) is 12.4. The molecule has 0 fully saturated rings. The number of benzene rings is 1. The summed E-state index contributed by atoms with van der Waals surface area (Å²) in [6.07, 6.45) is 5.44. The molecule has 0 radical (unpaired) electrons. The van der Waals surface area contributed by atoms with Gasteiger partial charge in [-0.2, -0.15) is 0 Å². The van der Waals surface area contributed by atoms with Crippen LogP contribution >= 0.6 is 0 Å². The van der Waals surface area contributed by atoms with Gasteiger partial charge in [-0.25, -0.2) is 0 Å². The molecule has 6 N–H and O–H groups in total. The number of nitrogens with two attached hydrogens (primary N) is 2. The minimum atomic E-state index is -1.03. The summed E-state index contributed by atoms with van der Waals surface area (Å²) in [5.74, 6) is -1.03. The monoisotopic (exact) mass is 296 g/mol. The second-order valence-electron chi connectivity index (χ2n) is 5.19. The fourth-order valence-corrected chi connectivity index (χ4v) is 2.57. The van der Waals surface area contributed by atoms with Crippen molar-refractivity contribution in [2.75, 3.05) is 5.73 Å². The van der Waals surface area contributed by atoms with E-state index in [4.69, 9.17) is 16.6 Å². The second-order valence-corrected chi connectivity index (χ2v) is 5.19. The molecule has 3 aromatic rings. The lowest BCUT2D eigenvalue weighted by molar-refractivity contribution is -0.138. The third kappa shape index (κ3) is 2.51. The predicted molar refractivity (Wildman–Crippen MR) is 85.3 cm³/mol. The average molecular weight is 296 g/mol. The van der Waals surface area contributed by atoms with Gasteiger partial charge in [0.15, 0.2) is 0 Å². The molecule has 0 spiro atoms. The molecule has 2 aromatic heterocycles. The van der Waals surface area contributed by atoms with Crippen molar-refractivity contribution in [2.45, 2.75) is 12.5 Å². The fourth-order valence-electron chi connectivity index (χ4n) is 2.57. The van der Waals surface area contributed by atoms with E-state index in [-0.39, 0.29) is 6.42 Å². The predicted octanol–water partition coefficient (Wildman–Crippen LogP) is 1.77. The van der Waals surface area contributed by atoms with E-state index in [1.165, 1.54) is 0 Å². The topological polar surface area (TPSA) is 118 Å². The zero-order valence-electron chi connectivity index (χ0n) is 11.8. The number of aliphatic carboxylic acids is 1. The van der Waals surface area contributed by atoms with E-state index in [1.54, 1.807) is 18.6 Å². The van der Waals surface area contributed by atoms with Crippen LogP contribution in [0.4, 0.5) is 5.69 Å². The number of carboxylic acid groups (broad SMARTS) is 1. The Morgan fingerprint density at radius 1 is 1.27 bits per heavy atom. The summed E-state index contributed by atoms with van der Waals surface area (Å²) in [4.78, 5) is 18.1. The SMILES string of the molecule is Nc1cc(-c2ccncc2)cc2[nH]cc(CC(N)C(=O)O)c12. The van der Waals surface area contributed by atoms with Crippen LogP contribution in [0.3, 0.4) is 0 Å². The van der Waals surface area contributed by atoms with Crippen LogP contribution in [0, 0.1) is 0 Å². The number of carboxylic acids is 1. The van der Waals surface area contributed by atoms with Crippen molar-refractivity contribution < 1.29 is 9.90 Å². The zero-order valence-corrected chi connectivity index (χ0v) is 11.8. The van der Waals surface area contributed by atoms with Gasteiger partial charge in [0.2, 0.25) is 0 Å². The van der Waals surface area contributed by atoms with E-state index in [1.807, 2.05) is 24.3 Å². The maximum atomic E-state index is 10.9. The highest BCUT2D eigenvalue weighted by atomic mass is 16.4. The fraction of sp³-hybridized carbons (Fsp3) is 0.125. The highest BCUT2D eigenvalue weighted by Crippen LogP contribution is 2.31. The van der Waals surface area contributed by atoms with Crippen LogP contribution in [0.1, 0.15) is 5.56 Å².